The van der Waals surface area contributed by atoms with Crippen molar-refractivity contribution in [3.8, 4) is 0 Å². The van der Waals surface area contributed by atoms with Crippen molar-refractivity contribution in [2.45, 2.75) is 82.8 Å². The first-order valence-electron chi connectivity index (χ1n) is 11.2. The summed E-state index contributed by atoms with van der Waals surface area (Å²) in [7, 11) is 1.38. The van der Waals surface area contributed by atoms with Crippen molar-refractivity contribution in [3.63, 3.8) is 0 Å². The summed E-state index contributed by atoms with van der Waals surface area (Å²) >= 11 is 1.54. The Balaban J connectivity index is 2.47. The number of esters is 1. The Bertz CT molecular complexity index is 562. The zero-order chi connectivity index (χ0) is 22.4. The fraction of sp³-hybridized carbons (Fsp3) is 0.750. The van der Waals surface area contributed by atoms with Gasteiger partial charge >= 0.3 is 5.97 Å². The van der Waals surface area contributed by atoms with Crippen LogP contribution in [0, 0.1) is 11.8 Å². The van der Waals surface area contributed by atoms with Crippen LogP contribution in [0.4, 0.5) is 0 Å². The van der Waals surface area contributed by atoms with Crippen LogP contribution in [0.5, 0.6) is 0 Å². The number of ether oxygens (including phenoxy) is 1. The van der Waals surface area contributed by atoms with E-state index in [2.05, 4.69) is 18.2 Å². The molecule has 1 saturated carbocycles. The second-order valence-electron chi connectivity index (χ2n) is 8.30. The number of ketones is 1. The minimum absolute atomic E-state index is 0.123. The highest BCUT2D eigenvalue weighted by molar-refractivity contribution is 7.99. The van der Waals surface area contributed by atoms with Crippen LogP contribution in [0.3, 0.4) is 0 Å². The zero-order valence-corrected chi connectivity index (χ0v) is 19.5. The van der Waals surface area contributed by atoms with E-state index in [4.69, 9.17) is 0 Å². The third-order valence-corrected chi connectivity index (χ3v) is 6.92. The lowest BCUT2D eigenvalue weighted by Crippen LogP contribution is -2.25. The SMILES string of the molecule is C=CC(O)(CC=C[C@H]1[C@H](O)CC(=O)[C@@H]1CCCCSCC(=O)OC)CCCCCC. The van der Waals surface area contributed by atoms with E-state index in [9.17, 15) is 19.8 Å². The van der Waals surface area contributed by atoms with E-state index < -0.39 is 11.7 Å². The third kappa shape index (κ3) is 9.80. The van der Waals surface area contributed by atoms with Crippen LogP contribution in [0.1, 0.15) is 71.1 Å². The molecule has 0 aromatic carbocycles. The van der Waals surface area contributed by atoms with Crippen molar-refractivity contribution in [1.29, 1.82) is 0 Å². The van der Waals surface area contributed by atoms with E-state index in [1.54, 1.807) is 6.08 Å². The second-order valence-corrected chi connectivity index (χ2v) is 9.40. The topological polar surface area (TPSA) is 83.8 Å². The predicted molar refractivity (Wildman–Crippen MR) is 123 cm³/mol. The molecule has 2 N–H and O–H groups in total. The molecule has 4 atom stereocenters. The van der Waals surface area contributed by atoms with Gasteiger partial charge in [0.05, 0.1) is 24.6 Å². The van der Waals surface area contributed by atoms with Crippen molar-refractivity contribution >= 4 is 23.5 Å². The molecule has 30 heavy (non-hydrogen) atoms. The first-order chi connectivity index (χ1) is 14.4. The summed E-state index contributed by atoms with van der Waals surface area (Å²) in [5.74, 6) is 0.761. The molecule has 0 aromatic heterocycles. The van der Waals surface area contributed by atoms with E-state index in [0.717, 1.165) is 44.3 Å². The van der Waals surface area contributed by atoms with E-state index >= 15 is 0 Å². The number of unbranched alkanes of at least 4 members (excludes halogenated alkanes) is 4. The number of carbonyl (C=O) groups is 2. The van der Waals surface area contributed by atoms with Gasteiger partial charge in [-0.15, -0.1) is 6.58 Å². The molecular formula is C24H40O5S. The molecule has 5 nitrogen and oxygen atoms in total. The van der Waals surface area contributed by atoms with Crippen molar-refractivity contribution < 1.29 is 24.5 Å². The van der Waals surface area contributed by atoms with E-state index in [1.165, 1.54) is 25.3 Å². The van der Waals surface area contributed by atoms with Gasteiger partial charge in [-0.2, -0.15) is 11.8 Å². The molecule has 1 aliphatic rings. The van der Waals surface area contributed by atoms with Gasteiger partial charge in [0.25, 0.3) is 0 Å². The number of hydrogen-bond donors (Lipinski definition) is 2. The molecule has 1 rings (SSSR count). The van der Waals surface area contributed by atoms with Crippen LogP contribution in [0.2, 0.25) is 0 Å². The number of aliphatic hydroxyl groups excluding tert-OH is 1. The van der Waals surface area contributed by atoms with Crippen molar-refractivity contribution in [3.05, 3.63) is 24.8 Å². The predicted octanol–water partition coefficient (Wildman–Crippen LogP) is 4.46. The highest BCUT2D eigenvalue weighted by Crippen LogP contribution is 2.34. The number of thioether (sulfide) groups is 1. The molecule has 0 aliphatic heterocycles. The summed E-state index contributed by atoms with van der Waals surface area (Å²) < 4.78 is 4.62. The summed E-state index contributed by atoms with van der Waals surface area (Å²) in [6.07, 6.45) is 13.1. The molecular weight excluding hydrogens is 400 g/mol. The lowest BCUT2D eigenvalue weighted by Gasteiger charge is -2.23. The van der Waals surface area contributed by atoms with E-state index in [1.807, 2.05) is 12.2 Å². The Morgan fingerprint density at radius 1 is 1.30 bits per heavy atom. The Kier molecular flexibility index (Phi) is 13.3. The van der Waals surface area contributed by atoms with Crippen LogP contribution < -0.4 is 0 Å². The molecule has 1 aliphatic carbocycles. The molecule has 172 valence electrons. The van der Waals surface area contributed by atoms with Crippen molar-refractivity contribution in [2.75, 3.05) is 18.6 Å². The molecule has 0 bridgehead atoms. The smallest absolute Gasteiger partial charge is 0.315 e. The summed E-state index contributed by atoms with van der Waals surface area (Å²) in [4.78, 5) is 23.4. The normalized spacial score (nSPS) is 23.6. The van der Waals surface area contributed by atoms with Gasteiger partial charge in [-0.05, 0) is 31.4 Å². The van der Waals surface area contributed by atoms with Gasteiger partial charge in [0.1, 0.15) is 5.78 Å². The van der Waals surface area contributed by atoms with Gasteiger partial charge in [0.2, 0.25) is 0 Å². The second kappa shape index (κ2) is 14.8. The molecule has 1 unspecified atom stereocenters. The molecule has 0 radical (unpaired) electrons. The maximum absolute atomic E-state index is 12.3. The van der Waals surface area contributed by atoms with Gasteiger partial charge in [0.15, 0.2) is 0 Å². The van der Waals surface area contributed by atoms with Crippen LogP contribution in [-0.2, 0) is 14.3 Å². The van der Waals surface area contributed by atoms with Crippen LogP contribution in [0.25, 0.3) is 0 Å². The molecule has 6 heteroatoms. The maximum Gasteiger partial charge on any atom is 0.315 e. The highest BCUT2D eigenvalue weighted by atomic mass is 32.2. The number of Topliss-reactive ketones (excluding diaryl/α,β-unsaturated/α-hetero) is 1. The first-order valence-corrected chi connectivity index (χ1v) is 12.4. The fourth-order valence-electron chi connectivity index (χ4n) is 3.95. The first kappa shape index (κ1) is 26.9. The van der Waals surface area contributed by atoms with E-state index in [-0.39, 0.29) is 30.0 Å². The number of aliphatic hydroxyl groups is 2. The highest BCUT2D eigenvalue weighted by Gasteiger charge is 2.39. The number of carbonyl (C=O) groups excluding carboxylic acids is 2. The van der Waals surface area contributed by atoms with Crippen LogP contribution in [-0.4, -0.2) is 52.3 Å². The van der Waals surface area contributed by atoms with Gasteiger partial charge in [-0.25, -0.2) is 0 Å². The lowest BCUT2D eigenvalue weighted by atomic mass is 9.87. The molecule has 1 fully saturated rings. The van der Waals surface area contributed by atoms with Crippen LogP contribution in [0.15, 0.2) is 24.8 Å². The minimum Gasteiger partial charge on any atom is -0.468 e. The average Bonchev–Trinajstić information content (AvgIpc) is 3.00. The number of hydrogen-bond acceptors (Lipinski definition) is 6. The van der Waals surface area contributed by atoms with Gasteiger partial charge in [0, 0.05) is 18.3 Å². The van der Waals surface area contributed by atoms with E-state index in [0.29, 0.717) is 18.6 Å². The van der Waals surface area contributed by atoms with Gasteiger partial charge in [-0.1, -0.05) is 57.3 Å². The zero-order valence-electron chi connectivity index (χ0n) is 18.7. The number of methoxy groups -OCH3 is 1. The summed E-state index contributed by atoms with van der Waals surface area (Å²) in [6, 6.07) is 0. The molecule has 0 saturated heterocycles. The quantitative estimate of drug-likeness (QED) is 0.209. The van der Waals surface area contributed by atoms with Crippen molar-refractivity contribution in [1.82, 2.24) is 0 Å². The Morgan fingerprint density at radius 2 is 2.07 bits per heavy atom. The van der Waals surface area contributed by atoms with Crippen LogP contribution >= 0.6 is 11.8 Å². The van der Waals surface area contributed by atoms with Crippen molar-refractivity contribution in [2.24, 2.45) is 11.8 Å². The molecule has 0 spiro atoms. The fourth-order valence-corrected chi connectivity index (χ4v) is 4.79. The standard InChI is InChI=1S/C24H40O5S/c1-4-6-7-9-14-24(28,5-2)15-11-13-20-19(21(25)17-22(20)26)12-8-10-16-30-18-23(27)29-3/h5,11,13,19-20,22,26,28H,2,4,6-10,12,14-18H2,1,3H3/t19-,20-,22-,24?/m1/s1. The van der Waals surface area contributed by atoms with Gasteiger partial charge < -0.3 is 14.9 Å². The minimum atomic E-state index is -0.926. The summed E-state index contributed by atoms with van der Waals surface area (Å²) in [5.41, 5.74) is -0.926. The molecule has 0 aromatic rings. The Morgan fingerprint density at radius 3 is 2.73 bits per heavy atom. The summed E-state index contributed by atoms with van der Waals surface area (Å²) in [6.45, 7) is 5.95. The molecule has 0 heterocycles. The summed E-state index contributed by atoms with van der Waals surface area (Å²) in [5, 5.41) is 21.1. The Labute approximate surface area is 186 Å². The molecule has 0 amide bonds. The number of rotatable bonds is 16. The monoisotopic (exact) mass is 440 g/mol. The largest absolute Gasteiger partial charge is 0.468 e. The lowest BCUT2D eigenvalue weighted by molar-refractivity contribution is -0.137. The Hall–Kier alpha value is -1.11. The van der Waals surface area contributed by atoms with Gasteiger partial charge in [-0.3, -0.25) is 9.59 Å². The average molecular weight is 441 g/mol. The third-order valence-electron chi connectivity index (χ3n) is 5.91. The maximum atomic E-state index is 12.3.